The monoisotopic (exact) mass is 479 g/mol. The number of alkyl halides is 7. The van der Waals surface area contributed by atoms with Crippen LogP contribution < -0.4 is 10.1 Å². The molecule has 10 heteroatoms. The molecular weight excluding hydrogens is 455 g/mol. The zero-order chi connectivity index (χ0) is 25.2. The molecule has 0 aliphatic carbocycles. The van der Waals surface area contributed by atoms with Crippen molar-refractivity contribution in [2.45, 2.75) is 58.1 Å². The molecule has 2 aromatic rings. The predicted octanol–water partition coefficient (Wildman–Crippen LogP) is 7.06. The van der Waals surface area contributed by atoms with Crippen molar-refractivity contribution >= 4 is 11.6 Å². The van der Waals surface area contributed by atoms with Gasteiger partial charge in [0.2, 0.25) is 0 Å². The first-order chi connectivity index (χ1) is 15.2. The van der Waals surface area contributed by atoms with Crippen LogP contribution in [0.15, 0.2) is 30.3 Å². The normalized spacial score (nSPS) is 12.6. The predicted molar refractivity (Wildman–Crippen MR) is 110 cm³/mol. The summed E-state index contributed by atoms with van der Waals surface area (Å²) >= 11 is 0. The maximum Gasteiger partial charge on any atom is 0.435 e. The van der Waals surface area contributed by atoms with Crippen LogP contribution in [0.3, 0.4) is 0 Å². The van der Waals surface area contributed by atoms with E-state index >= 15 is 0 Å². The van der Waals surface area contributed by atoms with Crippen LogP contribution >= 0.6 is 0 Å². The Kier molecular flexibility index (Phi) is 7.71. The first-order valence-electron chi connectivity index (χ1n) is 10.2. The van der Waals surface area contributed by atoms with E-state index in [1.54, 1.807) is 12.1 Å². The smallest absolute Gasteiger partial charge is 0.435 e. The molecule has 0 radical (unpaired) electrons. The third-order valence-electron chi connectivity index (χ3n) is 5.28. The van der Waals surface area contributed by atoms with E-state index in [1.165, 1.54) is 27.0 Å². The van der Waals surface area contributed by atoms with Gasteiger partial charge in [-0.3, -0.25) is 4.79 Å². The molecule has 2 rings (SSSR count). The Labute approximate surface area is 186 Å². The molecule has 3 nitrogen and oxygen atoms in total. The first kappa shape index (κ1) is 26.5. The van der Waals surface area contributed by atoms with Crippen molar-refractivity contribution < 1.29 is 40.3 Å². The van der Waals surface area contributed by atoms with Gasteiger partial charge in [-0.05, 0) is 48.6 Å². The maximum atomic E-state index is 14.6. The Balaban J connectivity index is 2.57. The molecule has 0 aliphatic rings. The zero-order valence-corrected chi connectivity index (χ0v) is 18.5. The Morgan fingerprint density at radius 2 is 1.58 bits per heavy atom. The number of anilines is 1. The van der Waals surface area contributed by atoms with Crippen LogP contribution in [0.4, 0.5) is 36.4 Å². The number of ether oxygens (including phenoxy) is 1. The highest BCUT2D eigenvalue weighted by atomic mass is 19.4. The minimum atomic E-state index is -6.22. The fourth-order valence-corrected chi connectivity index (χ4v) is 3.66. The van der Waals surface area contributed by atoms with Gasteiger partial charge in [0.25, 0.3) is 5.91 Å². The zero-order valence-electron chi connectivity index (χ0n) is 18.5. The Bertz CT molecular complexity index is 999. The third kappa shape index (κ3) is 4.94. The SMILES string of the molecule is CCCc1cccc(C(=O)Nc2c(C)cc(C(F)(C(F)(F)F)C(F)(F)F)cc2CC)c1OC. The third-order valence-corrected chi connectivity index (χ3v) is 5.28. The van der Waals surface area contributed by atoms with E-state index in [1.807, 2.05) is 6.92 Å². The molecule has 0 saturated carbocycles. The van der Waals surface area contributed by atoms with Crippen LogP contribution in [0, 0.1) is 6.92 Å². The van der Waals surface area contributed by atoms with Crippen molar-refractivity contribution in [2.24, 2.45) is 0 Å². The lowest BCUT2D eigenvalue weighted by Gasteiger charge is -2.31. The van der Waals surface area contributed by atoms with Crippen LogP contribution in [0.25, 0.3) is 0 Å². The molecule has 1 amide bonds. The Morgan fingerprint density at radius 3 is 2.06 bits per heavy atom. The van der Waals surface area contributed by atoms with Crippen molar-refractivity contribution in [3.8, 4) is 5.75 Å². The van der Waals surface area contributed by atoms with Gasteiger partial charge in [-0.15, -0.1) is 0 Å². The van der Waals surface area contributed by atoms with E-state index in [4.69, 9.17) is 4.74 Å². The van der Waals surface area contributed by atoms with Crippen molar-refractivity contribution in [1.82, 2.24) is 0 Å². The van der Waals surface area contributed by atoms with Gasteiger partial charge in [0.05, 0.1) is 12.7 Å². The quantitative estimate of drug-likeness (QED) is 0.432. The number of hydrogen-bond acceptors (Lipinski definition) is 2. The second-order valence-electron chi connectivity index (χ2n) is 7.54. The topological polar surface area (TPSA) is 38.3 Å². The number of aryl methyl sites for hydroxylation is 3. The molecule has 0 spiro atoms. The summed E-state index contributed by atoms with van der Waals surface area (Å²) in [5.74, 6) is -0.338. The summed E-state index contributed by atoms with van der Waals surface area (Å²) in [6.45, 7) is 4.62. The number of carbonyl (C=O) groups excluding carboxylic acids is 1. The summed E-state index contributed by atoms with van der Waals surface area (Å²) in [7, 11) is 1.39. The summed E-state index contributed by atoms with van der Waals surface area (Å²) in [6, 6.07) is 5.87. The highest BCUT2D eigenvalue weighted by Crippen LogP contribution is 2.53. The molecule has 0 atom stereocenters. The fraction of sp³-hybridized carbons (Fsp3) is 0.435. The summed E-state index contributed by atoms with van der Waals surface area (Å²) in [5.41, 5.74) is -6.41. The summed E-state index contributed by atoms with van der Waals surface area (Å²) in [4.78, 5) is 12.9. The van der Waals surface area contributed by atoms with Gasteiger partial charge in [-0.1, -0.05) is 38.5 Å². The summed E-state index contributed by atoms with van der Waals surface area (Å²) in [6.07, 6.45) is -11.1. The van der Waals surface area contributed by atoms with Gasteiger partial charge in [-0.2, -0.15) is 26.3 Å². The average molecular weight is 479 g/mol. The number of benzene rings is 2. The molecule has 0 heterocycles. The van der Waals surface area contributed by atoms with Crippen molar-refractivity contribution in [3.05, 3.63) is 58.1 Å². The minimum absolute atomic E-state index is 0.0147. The van der Waals surface area contributed by atoms with Crippen LogP contribution in [-0.2, 0) is 18.5 Å². The van der Waals surface area contributed by atoms with Crippen molar-refractivity contribution in [2.75, 3.05) is 12.4 Å². The molecule has 0 aromatic heterocycles. The number of para-hydroxylation sites is 1. The van der Waals surface area contributed by atoms with Crippen LogP contribution in [0.2, 0.25) is 0 Å². The fourth-order valence-electron chi connectivity index (χ4n) is 3.66. The molecule has 0 bridgehead atoms. The molecular formula is C23H24F7NO2. The van der Waals surface area contributed by atoms with Gasteiger partial charge in [0.1, 0.15) is 5.75 Å². The Hall–Kier alpha value is -2.78. The van der Waals surface area contributed by atoms with Gasteiger partial charge < -0.3 is 10.1 Å². The first-order valence-corrected chi connectivity index (χ1v) is 10.2. The van der Waals surface area contributed by atoms with E-state index < -0.39 is 29.5 Å². The number of carbonyl (C=O) groups is 1. The lowest BCUT2D eigenvalue weighted by Crippen LogP contribution is -2.50. The maximum absolute atomic E-state index is 14.6. The molecule has 1 N–H and O–H groups in total. The number of methoxy groups -OCH3 is 1. The van der Waals surface area contributed by atoms with Gasteiger partial charge in [0.15, 0.2) is 0 Å². The van der Waals surface area contributed by atoms with E-state index in [-0.39, 0.29) is 28.8 Å². The van der Waals surface area contributed by atoms with Crippen LogP contribution in [0.1, 0.15) is 52.9 Å². The van der Waals surface area contributed by atoms with Crippen LogP contribution in [-0.4, -0.2) is 25.4 Å². The number of nitrogens with one attached hydrogen (secondary N) is 1. The highest BCUT2D eigenvalue weighted by Gasteiger charge is 2.73. The Morgan fingerprint density at radius 1 is 0.970 bits per heavy atom. The van der Waals surface area contributed by atoms with Gasteiger partial charge in [-0.25, -0.2) is 4.39 Å². The lowest BCUT2D eigenvalue weighted by atomic mass is 9.89. The van der Waals surface area contributed by atoms with Gasteiger partial charge in [0, 0.05) is 11.3 Å². The standard InChI is InChI=1S/C23H24F7NO2/c1-5-8-15-9-7-10-17(19(15)33-4)20(32)31-18-13(3)11-16(12-14(18)6-2)21(24,22(25,26)27)23(28,29)30/h7,9-12H,5-6,8H2,1-4H3,(H,31,32). The second-order valence-corrected chi connectivity index (χ2v) is 7.54. The second kappa shape index (κ2) is 9.61. The largest absolute Gasteiger partial charge is 0.496 e. The number of rotatable bonds is 7. The molecule has 0 fully saturated rings. The van der Waals surface area contributed by atoms with Gasteiger partial charge >= 0.3 is 18.0 Å². The molecule has 0 aliphatic heterocycles. The van der Waals surface area contributed by atoms with Crippen molar-refractivity contribution in [1.29, 1.82) is 0 Å². The summed E-state index contributed by atoms with van der Waals surface area (Å²) < 4.78 is 99.1. The summed E-state index contributed by atoms with van der Waals surface area (Å²) in [5, 5.41) is 2.54. The molecule has 0 unspecified atom stereocenters. The van der Waals surface area contributed by atoms with E-state index in [0.717, 1.165) is 12.0 Å². The van der Waals surface area contributed by atoms with E-state index in [9.17, 15) is 35.5 Å². The number of hydrogen-bond donors (Lipinski definition) is 1. The van der Waals surface area contributed by atoms with Crippen molar-refractivity contribution in [3.63, 3.8) is 0 Å². The van der Waals surface area contributed by atoms with E-state index in [2.05, 4.69) is 5.32 Å². The van der Waals surface area contributed by atoms with E-state index in [0.29, 0.717) is 24.3 Å². The van der Waals surface area contributed by atoms with Crippen LogP contribution in [0.5, 0.6) is 5.75 Å². The molecule has 33 heavy (non-hydrogen) atoms. The minimum Gasteiger partial charge on any atom is -0.496 e. The molecule has 182 valence electrons. The number of halogens is 7. The molecule has 2 aromatic carbocycles. The molecule has 0 saturated heterocycles. The number of amides is 1. The average Bonchev–Trinajstić information content (AvgIpc) is 2.72. The highest BCUT2D eigenvalue weighted by molar-refractivity contribution is 6.07. The lowest BCUT2D eigenvalue weighted by molar-refractivity contribution is -0.348.